The molecular formula is C26H31P. The molecule has 0 bridgehead atoms. The molecule has 0 fully saturated rings. The Kier molecular flexibility index (Phi) is 6.18. The molecule has 0 atom stereocenters. The molecule has 0 spiro atoms. The van der Waals surface area contributed by atoms with Crippen molar-refractivity contribution in [1.82, 2.24) is 0 Å². The van der Waals surface area contributed by atoms with Gasteiger partial charge in [0.2, 0.25) is 0 Å². The van der Waals surface area contributed by atoms with E-state index in [1.165, 1.54) is 49.3 Å². The molecule has 3 aromatic rings. The lowest BCUT2D eigenvalue weighted by Gasteiger charge is -2.26. The maximum atomic E-state index is 2.39. The molecule has 0 aliphatic rings. The third kappa shape index (κ3) is 3.74. The summed E-state index contributed by atoms with van der Waals surface area (Å²) in [6.07, 6.45) is 2.19. The SMILES string of the molecule is CCc1ccc(P(c2ccccc2)c2ccc(CC)c(C)c2C)c(C)c1C. The lowest BCUT2D eigenvalue weighted by molar-refractivity contribution is 1.10. The summed E-state index contributed by atoms with van der Waals surface area (Å²) in [6.45, 7) is 13.7. The molecule has 0 amide bonds. The first-order chi connectivity index (χ1) is 13.0. The van der Waals surface area contributed by atoms with Crippen LogP contribution in [0.25, 0.3) is 0 Å². The maximum Gasteiger partial charge on any atom is -0.0119 e. The fourth-order valence-corrected chi connectivity index (χ4v) is 6.70. The molecule has 0 N–H and O–H groups in total. The van der Waals surface area contributed by atoms with Crippen molar-refractivity contribution in [3.63, 3.8) is 0 Å². The topological polar surface area (TPSA) is 0 Å². The summed E-state index contributed by atoms with van der Waals surface area (Å²) in [7, 11) is -0.555. The normalized spacial score (nSPS) is 11.2. The van der Waals surface area contributed by atoms with Gasteiger partial charge in [-0.15, -0.1) is 0 Å². The van der Waals surface area contributed by atoms with Crippen molar-refractivity contribution in [2.45, 2.75) is 54.4 Å². The second-order valence-corrected chi connectivity index (χ2v) is 9.52. The van der Waals surface area contributed by atoms with Crippen LogP contribution in [0.15, 0.2) is 54.6 Å². The van der Waals surface area contributed by atoms with Gasteiger partial charge in [-0.3, -0.25) is 0 Å². The lowest BCUT2D eigenvalue weighted by atomic mass is 10.0. The molecule has 0 radical (unpaired) electrons. The van der Waals surface area contributed by atoms with Crippen LogP contribution in [-0.2, 0) is 12.8 Å². The molecule has 0 saturated carbocycles. The van der Waals surface area contributed by atoms with Gasteiger partial charge < -0.3 is 0 Å². The van der Waals surface area contributed by atoms with Crippen LogP contribution >= 0.6 is 7.92 Å². The molecule has 1 heteroatoms. The quantitative estimate of drug-likeness (QED) is 0.495. The Balaban J connectivity index is 2.27. The molecule has 0 aromatic heterocycles. The van der Waals surface area contributed by atoms with Crippen molar-refractivity contribution in [1.29, 1.82) is 0 Å². The summed E-state index contributed by atoms with van der Waals surface area (Å²) in [4.78, 5) is 0. The molecule has 0 heterocycles. The highest BCUT2D eigenvalue weighted by Crippen LogP contribution is 2.37. The zero-order valence-corrected chi connectivity index (χ0v) is 18.5. The molecule has 140 valence electrons. The maximum absolute atomic E-state index is 2.39. The van der Waals surface area contributed by atoms with Gasteiger partial charge in [-0.05, 0) is 97.8 Å². The van der Waals surface area contributed by atoms with Crippen LogP contribution in [0.3, 0.4) is 0 Å². The van der Waals surface area contributed by atoms with Crippen LogP contribution in [0.1, 0.15) is 47.2 Å². The minimum atomic E-state index is -0.555. The second kappa shape index (κ2) is 8.41. The highest BCUT2D eigenvalue weighted by Gasteiger charge is 2.22. The van der Waals surface area contributed by atoms with Crippen molar-refractivity contribution >= 4 is 23.8 Å². The summed E-state index contributed by atoms with van der Waals surface area (Å²) in [5.41, 5.74) is 8.76. The smallest absolute Gasteiger partial charge is 0.0119 e. The van der Waals surface area contributed by atoms with E-state index in [-0.39, 0.29) is 0 Å². The van der Waals surface area contributed by atoms with E-state index in [9.17, 15) is 0 Å². The van der Waals surface area contributed by atoms with Crippen molar-refractivity contribution in [2.24, 2.45) is 0 Å². The first-order valence-electron chi connectivity index (χ1n) is 10.0. The van der Waals surface area contributed by atoms with E-state index in [0.717, 1.165) is 12.8 Å². The van der Waals surface area contributed by atoms with Crippen LogP contribution in [0, 0.1) is 27.7 Å². The molecule has 0 unspecified atom stereocenters. The van der Waals surface area contributed by atoms with Gasteiger partial charge in [0.25, 0.3) is 0 Å². The Morgan fingerprint density at radius 2 is 1.00 bits per heavy atom. The van der Waals surface area contributed by atoms with Crippen LogP contribution in [-0.4, -0.2) is 0 Å². The van der Waals surface area contributed by atoms with Crippen molar-refractivity contribution in [3.8, 4) is 0 Å². The third-order valence-electron chi connectivity index (χ3n) is 6.00. The van der Waals surface area contributed by atoms with Gasteiger partial charge >= 0.3 is 0 Å². The van der Waals surface area contributed by atoms with E-state index in [0.29, 0.717) is 0 Å². The Hall–Kier alpha value is -1.91. The number of aryl methyl sites for hydroxylation is 2. The molecule has 0 nitrogen and oxygen atoms in total. The fraction of sp³-hybridized carbons (Fsp3) is 0.308. The fourth-order valence-electron chi connectivity index (χ4n) is 3.96. The first-order valence-corrected chi connectivity index (χ1v) is 11.4. The van der Waals surface area contributed by atoms with Gasteiger partial charge in [-0.2, -0.15) is 0 Å². The standard InChI is InChI=1S/C26H31P/c1-7-22-14-16-25(20(5)18(22)3)27(24-12-10-9-11-13-24)26-17-15-23(8-2)19(4)21(26)6/h9-17H,7-8H2,1-6H3. The zero-order chi connectivity index (χ0) is 19.6. The number of benzene rings is 3. The molecule has 27 heavy (non-hydrogen) atoms. The monoisotopic (exact) mass is 374 g/mol. The number of hydrogen-bond donors (Lipinski definition) is 0. The number of rotatable bonds is 5. The van der Waals surface area contributed by atoms with Gasteiger partial charge in [0.05, 0.1) is 0 Å². The largest absolute Gasteiger partial charge is 0.0622 e. The van der Waals surface area contributed by atoms with Crippen molar-refractivity contribution < 1.29 is 0 Å². The lowest BCUT2D eigenvalue weighted by Crippen LogP contribution is -2.25. The Bertz CT molecular complexity index is 879. The van der Waals surface area contributed by atoms with E-state index >= 15 is 0 Å². The third-order valence-corrected chi connectivity index (χ3v) is 8.75. The van der Waals surface area contributed by atoms with Gasteiger partial charge in [0, 0.05) is 0 Å². The minimum absolute atomic E-state index is 0.555. The summed E-state index contributed by atoms with van der Waals surface area (Å²) >= 11 is 0. The average molecular weight is 375 g/mol. The minimum Gasteiger partial charge on any atom is -0.0622 e. The average Bonchev–Trinajstić information content (AvgIpc) is 2.69. The van der Waals surface area contributed by atoms with Crippen LogP contribution < -0.4 is 15.9 Å². The highest BCUT2D eigenvalue weighted by molar-refractivity contribution is 7.80. The highest BCUT2D eigenvalue weighted by atomic mass is 31.1. The molecule has 0 aliphatic carbocycles. The molecular weight excluding hydrogens is 343 g/mol. The number of hydrogen-bond acceptors (Lipinski definition) is 0. The van der Waals surface area contributed by atoms with Crippen molar-refractivity contribution in [3.05, 3.63) is 88.0 Å². The predicted octanol–water partition coefficient (Wildman–Crippen LogP) is 5.80. The molecule has 3 rings (SSSR count). The van der Waals surface area contributed by atoms with Gasteiger partial charge in [-0.1, -0.05) is 68.4 Å². The Labute approximate surface area is 166 Å². The summed E-state index contributed by atoms with van der Waals surface area (Å²) in [6, 6.07) is 20.6. The predicted molar refractivity (Wildman–Crippen MR) is 123 cm³/mol. The van der Waals surface area contributed by atoms with Crippen LogP contribution in [0.4, 0.5) is 0 Å². The summed E-state index contributed by atoms with van der Waals surface area (Å²) in [5, 5.41) is 4.43. The first kappa shape index (κ1) is 19.8. The van der Waals surface area contributed by atoms with Gasteiger partial charge in [-0.25, -0.2) is 0 Å². The van der Waals surface area contributed by atoms with E-state index in [4.69, 9.17) is 0 Å². The van der Waals surface area contributed by atoms with E-state index in [1.54, 1.807) is 0 Å². The summed E-state index contributed by atoms with van der Waals surface area (Å²) in [5.74, 6) is 0. The molecule has 0 saturated heterocycles. The Morgan fingerprint density at radius 3 is 1.41 bits per heavy atom. The van der Waals surface area contributed by atoms with E-state index in [1.807, 2.05) is 0 Å². The zero-order valence-electron chi connectivity index (χ0n) is 17.6. The van der Waals surface area contributed by atoms with Gasteiger partial charge in [0.15, 0.2) is 0 Å². The Morgan fingerprint density at radius 1 is 0.556 bits per heavy atom. The molecule has 0 aliphatic heterocycles. The second-order valence-electron chi connectivity index (χ2n) is 7.37. The van der Waals surface area contributed by atoms with Crippen molar-refractivity contribution in [2.75, 3.05) is 0 Å². The van der Waals surface area contributed by atoms with Gasteiger partial charge in [0.1, 0.15) is 0 Å². The summed E-state index contributed by atoms with van der Waals surface area (Å²) < 4.78 is 0. The molecule has 3 aromatic carbocycles. The van der Waals surface area contributed by atoms with E-state index < -0.39 is 7.92 Å². The van der Waals surface area contributed by atoms with E-state index in [2.05, 4.69) is 96.1 Å². The van der Waals surface area contributed by atoms with Crippen LogP contribution in [0.2, 0.25) is 0 Å². The van der Waals surface area contributed by atoms with Crippen LogP contribution in [0.5, 0.6) is 0 Å².